The van der Waals surface area contributed by atoms with Crippen LogP contribution in [0.15, 0.2) is 53.5 Å². The van der Waals surface area contributed by atoms with Crippen LogP contribution in [0.25, 0.3) is 0 Å². The molecule has 3 rings (SSSR count). The van der Waals surface area contributed by atoms with Gasteiger partial charge in [-0.15, -0.1) is 0 Å². The van der Waals surface area contributed by atoms with Crippen LogP contribution in [0.1, 0.15) is 27.0 Å². The Morgan fingerprint density at radius 2 is 1.87 bits per heavy atom. The van der Waals surface area contributed by atoms with Crippen molar-refractivity contribution in [3.63, 3.8) is 0 Å². The van der Waals surface area contributed by atoms with Crippen molar-refractivity contribution in [3.05, 3.63) is 70.8 Å². The minimum Gasteiger partial charge on any atom is -0.368 e. The first-order valence-electron chi connectivity index (χ1n) is 7.06. The van der Waals surface area contributed by atoms with E-state index in [2.05, 4.69) is 10.3 Å². The summed E-state index contributed by atoms with van der Waals surface area (Å²) in [5.74, 6) is 0.143. The summed E-state index contributed by atoms with van der Waals surface area (Å²) < 4.78 is 38.5. The maximum absolute atomic E-state index is 12.8. The smallest absolute Gasteiger partial charge is 0.368 e. The van der Waals surface area contributed by atoms with Crippen LogP contribution in [0.5, 0.6) is 0 Å². The second-order valence-corrected chi connectivity index (χ2v) is 5.11. The Hall–Kier alpha value is -2.63. The summed E-state index contributed by atoms with van der Waals surface area (Å²) in [4.78, 5) is 16.9. The van der Waals surface area contributed by atoms with Gasteiger partial charge in [0.05, 0.1) is 12.1 Å². The Labute approximate surface area is 130 Å². The highest BCUT2D eigenvalue weighted by Gasteiger charge is 2.31. The predicted molar refractivity (Wildman–Crippen MR) is 80.7 cm³/mol. The van der Waals surface area contributed by atoms with Crippen molar-refractivity contribution in [1.29, 1.82) is 0 Å². The lowest BCUT2D eigenvalue weighted by molar-refractivity contribution is -0.137. The Balaban J connectivity index is 2.02. The van der Waals surface area contributed by atoms with E-state index in [1.54, 1.807) is 24.3 Å². The third-order valence-corrected chi connectivity index (χ3v) is 3.55. The number of amidine groups is 1. The fourth-order valence-electron chi connectivity index (χ4n) is 2.46. The average Bonchev–Trinajstić information content (AvgIpc) is 3.08. The molecule has 0 spiro atoms. The number of ketones is 1. The minimum absolute atomic E-state index is 0.00544. The molecule has 0 radical (unpaired) electrons. The van der Waals surface area contributed by atoms with Gasteiger partial charge >= 0.3 is 6.18 Å². The zero-order valence-electron chi connectivity index (χ0n) is 12.0. The molecule has 0 saturated carbocycles. The lowest BCUT2D eigenvalue weighted by Crippen LogP contribution is -2.22. The summed E-state index contributed by atoms with van der Waals surface area (Å²) in [6.07, 6.45) is -4.48. The molecular formula is C17H13F3N2O. The number of benzene rings is 2. The van der Waals surface area contributed by atoms with Crippen molar-refractivity contribution < 1.29 is 18.0 Å². The molecule has 0 fully saturated rings. The van der Waals surface area contributed by atoms with Gasteiger partial charge in [0.15, 0.2) is 5.78 Å². The highest BCUT2D eigenvalue weighted by molar-refractivity contribution is 6.16. The molecule has 0 aromatic heterocycles. The van der Waals surface area contributed by atoms with E-state index < -0.39 is 17.5 Å². The molecule has 2 aromatic rings. The Bertz CT molecular complexity index is 781. The number of aliphatic imine (C=N–C) groups is 1. The van der Waals surface area contributed by atoms with Crippen LogP contribution in [0.2, 0.25) is 0 Å². The van der Waals surface area contributed by atoms with Gasteiger partial charge in [-0.2, -0.15) is 13.2 Å². The van der Waals surface area contributed by atoms with Crippen LogP contribution < -0.4 is 5.32 Å². The average molecular weight is 318 g/mol. The van der Waals surface area contributed by atoms with Crippen LogP contribution in [0.4, 0.5) is 13.2 Å². The third-order valence-electron chi connectivity index (χ3n) is 3.55. The van der Waals surface area contributed by atoms with Crippen molar-refractivity contribution in [2.45, 2.75) is 6.18 Å². The molecule has 0 aliphatic carbocycles. The van der Waals surface area contributed by atoms with Crippen LogP contribution in [0, 0.1) is 0 Å². The maximum Gasteiger partial charge on any atom is 0.416 e. The van der Waals surface area contributed by atoms with E-state index in [9.17, 15) is 18.0 Å². The first kappa shape index (κ1) is 15.3. The molecule has 0 saturated heterocycles. The van der Waals surface area contributed by atoms with Gasteiger partial charge < -0.3 is 5.32 Å². The van der Waals surface area contributed by atoms with Crippen LogP contribution in [-0.4, -0.2) is 24.7 Å². The predicted octanol–water partition coefficient (Wildman–Crippen LogP) is 3.29. The highest BCUT2D eigenvalue weighted by Crippen LogP contribution is 2.30. The van der Waals surface area contributed by atoms with E-state index in [-0.39, 0.29) is 5.56 Å². The van der Waals surface area contributed by atoms with E-state index in [1.807, 2.05) is 0 Å². The third kappa shape index (κ3) is 3.11. The normalized spacial score (nSPS) is 14.3. The van der Waals surface area contributed by atoms with Crippen LogP contribution >= 0.6 is 0 Å². The van der Waals surface area contributed by atoms with Crippen LogP contribution in [0.3, 0.4) is 0 Å². The molecule has 1 aliphatic rings. The molecule has 1 heterocycles. The molecule has 6 heteroatoms. The number of hydrogen-bond donors (Lipinski definition) is 1. The lowest BCUT2D eigenvalue weighted by atomic mass is 9.96. The number of nitrogens with one attached hydrogen (secondary N) is 1. The van der Waals surface area contributed by atoms with Gasteiger partial charge in [-0.25, -0.2) is 0 Å². The van der Waals surface area contributed by atoms with E-state index in [4.69, 9.17) is 0 Å². The molecule has 1 N–H and O–H groups in total. The lowest BCUT2D eigenvalue weighted by Gasteiger charge is -2.11. The summed E-state index contributed by atoms with van der Waals surface area (Å²) in [6, 6.07) is 11.2. The van der Waals surface area contributed by atoms with Crippen molar-refractivity contribution >= 4 is 11.6 Å². The number of rotatable bonds is 3. The van der Waals surface area contributed by atoms with Crippen molar-refractivity contribution in [2.24, 2.45) is 4.99 Å². The van der Waals surface area contributed by atoms with E-state index in [0.717, 1.165) is 12.1 Å². The quantitative estimate of drug-likeness (QED) is 0.882. The molecule has 3 nitrogen and oxygen atoms in total. The molecule has 0 atom stereocenters. The van der Waals surface area contributed by atoms with Gasteiger partial charge in [-0.3, -0.25) is 9.79 Å². The van der Waals surface area contributed by atoms with Crippen molar-refractivity contribution in [1.82, 2.24) is 5.32 Å². The number of hydrogen-bond acceptors (Lipinski definition) is 3. The first-order chi connectivity index (χ1) is 11.0. The van der Waals surface area contributed by atoms with E-state index >= 15 is 0 Å². The molecule has 0 amide bonds. The monoisotopic (exact) mass is 318 g/mol. The number of halogens is 3. The summed E-state index contributed by atoms with van der Waals surface area (Å²) in [5.41, 5.74) is 0.107. The largest absolute Gasteiger partial charge is 0.416 e. The fraction of sp³-hybridized carbons (Fsp3) is 0.176. The van der Waals surface area contributed by atoms with Gasteiger partial charge in [0, 0.05) is 23.2 Å². The summed E-state index contributed by atoms with van der Waals surface area (Å²) in [7, 11) is 0. The van der Waals surface area contributed by atoms with Gasteiger partial charge in [-0.05, 0) is 12.1 Å². The minimum atomic E-state index is -4.48. The molecular weight excluding hydrogens is 305 g/mol. The topological polar surface area (TPSA) is 41.5 Å². The number of carbonyl (C=O) groups excluding carboxylic acids is 1. The van der Waals surface area contributed by atoms with Gasteiger partial charge in [-0.1, -0.05) is 36.4 Å². The standard InChI is InChI=1S/C17H13F3N2O/c18-17(19,20)12-5-3-4-11(10-12)15(23)13-6-1-2-7-14(13)16-21-8-9-22-16/h1-7,10H,8-9H2,(H,21,22). The summed E-state index contributed by atoms with van der Waals surface area (Å²) >= 11 is 0. The molecule has 0 unspecified atom stereocenters. The molecule has 23 heavy (non-hydrogen) atoms. The zero-order chi connectivity index (χ0) is 16.4. The van der Waals surface area contributed by atoms with Crippen LogP contribution in [-0.2, 0) is 6.18 Å². The Morgan fingerprint density at radius 1 is 1.09 bits per heavy atom. The first-order valence-corrected chi connectivity index (χ1v) is 7.06. The summed E-state index contributed by atoms with van der Waals surface area (Å²) in [6.45, 7) is 1.29. The Morgan fingerprint density at radius 3 is 2.57 bits per heavy atom. The highest BCUT2D eigenvalue weighted by atomic mass is 19.4. The number of alkyl halides is 3. The van der Waals surface area contributed by atoms with Crippen molar-refractivity contribution in [3.8, 4) is 0 Å². The van der Waals surface area contributed by atoms with Crippen molar-refractivity contribution in [2.75, 3.05) is 13.1 Å². The zero-order valence-corrected chi connectivity index (χ0v) is 12.0. The SMILES string of the molecule is O=C(c1cccc(C(F)(F)F)c1)c1ccccc1C1=NCCN1. The fourth-order valence-corrected chi connectivity index (χ4v) is 2.46. The maximum atomic E-state index is 12.8. The Kier molecular flexibility index (Phi) is 3.90. The molecule has 2 aromatic carbocycles. The molecule has 118 valence electrons. The molecule has 0 bridgehead atoms. The van der Waals surface area contributed by atoms with Gasteiger partial charge in [0.1, 0.15) is 5.84 Å². The van der Waals surface area contributed by atoms with Gasteiger partial charge in [0.2, 0.25) is 0 Å². The second-order valence-electron chi connectivity index (χ2n) is 5.11. The van der Waals surface area contributed by atoms with E-state index in [1.165, 1.54) is 12.1 Å². The molecule has 1 aliphatic heterocycles. The van der Waals surface area contributed by atoms with E-state index in [0.29, 0.717) is 30.1 Å². The second kappa shape index (κ2) is 5.87. The summed E-state index contributed by atoms with van der Waals surface area (Å²) in [5, 5.41) is 3.07. The number of nitrogens with zero attached hydrogens (tertiary/aromatic N) is 1. The number of carbonyl (C=O) groups is 1. The van der Waals surface area contributed by atoms with Gasteiger partial charge in [0.25, 0.3) is 0 Å².